The Morgan fingerprint density at radius 1 is 0.933 bits per heavy atom. The fourth-order valence-electron chi connectivity index (χ4n) is 2.79. The molecule has 1 nitrogen and oxygen atoms in total. The molecule has 0 bridgehead atoms. The second-order valence-electron chi connectivity index (χ2n) is 5.25. The highest BCUT2D eigenvalue weighted by Crippen LogP contribution is 2.33. The maximum Gasteiger partial charge on any atom is 0.0159 e. The molecule has 0 unspecified atom stereocenters. The first-order valence-electron chi connectivity index (χ1n) is 6.70. The zero-order valence-electron chi connectivity index (χ0n) is 9.76. The molecule has 0 heterocycles. The first-order valence-corrected chi connectivity index (χ1v) is 7.82. The number of rotatable bonds is 6. The molecule has 0 amide bonds. The molecule has 0 N–H and O–H groups in total. The molecular weight excluding hydrogens is 250 g/mol. The predicted octanol–water partition coefficient (Wildman–Crippen LogP) is 3.82. The fraction of sp³-hybridized carbons (Fsp3) is 1.00. The minimum absolute atomic E-state index is 0.912. The van der Waals surface area contributed by atoms with Gasteiger partial charge in [0, 0.05) is 17.9 Å². The Kier molecular flexibility index (Phi) is 4.96. The van der Waals surface area contributed by atoms with Crippen molar-refractivity contribution >= 4 is 15.9 Å². The Balaban J connectivity index is 1.74. The third-order valence-corrected chi connectivity index (χ3v) is 4.34. The van der Waals surface area contributed by atoms with Crippen LogP contribution in [-0.4, -0.2) is 29.4 Å². The van der Waals surface area contributed by atoms with E-state index in [-0.39, 0.29) is 0 Å². The van der Waals surface area contributed by atoms with Crippen molar-refractivity contribution in [1.29, 1.82) is 0 Å². The van der Waals surface area contributed by atoms with Gasteiger partial charge in [-0.3, -0.25) is 4.90 Å². The number of nitrogens with zero attached hydrogens (tertiary/aromatic N) is 1. The van der Waals surface area contributed by atoms with E-state index >= 15 is 0 Å². The molecule has 2 aliphatic rings. The molecule has 2 fully saturated rings. The van der Waals surface area contributed by atoms with E-state index in [4.69, 9.17) is 0 Å². The van der Waals surface area contributed by atoms with Crippen molar-refractivity contribution in [1.82, 2.24) is 4.90 Å². The standard InChI is InChI=1S/C13H24BrN/c14-9-11-15(10-8-12-6-7-12)13-4-2-1-3-5-13/h12-13H,1-11H2. The number of alkyl halides is 1. The van der Waals surface area contributed by atoms with Crippen LogP contribution in [0.2, 0.25) is 0 Å². The van der Waals surface area contributed by atoms with Crippen molar-refractivity contribution in [2.45, 2.75) is 57.4 Å². The third-order valence-electron chi connectivity index (χ3n) is 3.98. The van der Waals surface area contributed by atoms with Crippen molar-refractivity contribution in [3.63, 3.8) is 0 Å². The summed E-state index contributed by atoms with van der Waals surface area (Å²) >= 11 is 3.60. The summed E-state index contributed by atoms with van der Waals surface area (Å²) in [6.45, 7) is 2.62. The van der Waals surface area contributed by atoms with Gasteiger partial charge in [0.15, 0.2) is 0 Å². The summed E-state index contributed by atoms with van der Waals surface area (Å²) in [5.74, 6) is 1.09. The van der Waals surface area contributed by atoms with Crippen LogP contribution in [0.15, 0.2) is 0 Å². The Labute approximate surface area is 103 Å². The van der Waals surface area contributed by atoms with E-state index in [1.165, 1.54) is 64.5 Å². The van der Waals surface area contributed by atoms with Gasteiger partial charge in [-0.2, -0.15) is 0 Å². The second kappa shape index (κ2) is 6.24. The summed E-state index contributed by atoms with van der Waals surface area (Å²) in [6.07, 6.45) is 11.8. The zero-order valence-corrected chi connectivity index (χ0v) is 11.3. The molecule has 0 atom stereocenters. The lowest BCUT2D eigenvalue weighted by Crippen LogP contribution is -2.38. The molecule has 2 rings (SSSR count). The molecule has 0 aromatic carbocycles. The second-order valence-corrected chi connectivity index (χ2v) is 6.04. The summed E-state index contributed by atoms with van der Waals surface area (Å²) in [7, 11) is 0. The van der Waals surface area contributed by atoms with Crippen LogP contribution < -0.4 is 0 Å². The van der Waals surface area contributed by atoms with Crippen molar-refractivity contribution < 1.29 is 0 Å². The topological polar surface area (TPSA) is 3.24 Å². The van der Waals surface area contributed by atoms with E-state index in [1.54, 1.807) is 0 Å². The maximum atomic E-state index is 3.60. The van der Waals surface area contributed by atoms with Crippen LogP contribution in [0.25, 0.3) is 0 Å². The molecule has 88 valence electrons. The molecule has 2 saturated carbocycles. The van der Waals surface area contributed by atoms with Crippen LogP contribution in [0.5, 0.6) is 0 Å². The van der Waals surface area contributed by atoms with E-state index in [1.807, 2.05) is 0 Å². The highest BCUT2D eigenvalue weighted by molar-refractivity contribution is 9.09. The quantitative estimate of drug-likeness (QED) is 0.666. The molecular formula is C13H24BrN. The van der Waals surface area contributed by atoms with Gasteiger partial charge in [-0.1, -0.05) is 48.0 Å². The Morgan fingerprint density at radius 3 is 2.27 bits per heavy atom. The lowest BCUT2D eigenvalue weighted by molar-refractivity contribution is 0.161. The molecule has 0 radical (unpaired) electrons. The van der Waals surface area contributed by atoms with Gasteiger partial charge < -0.3 is 0 Å². The smallest absolute Gasteiger partial charge is 0.0159 e. The SMILES string of the molecule is BrCCN(CCC1CC1)C1CCCCC1. The molecule has 0 aromatic heterocycles. The average molecular weight is 274 g/mol. The van der Waals surface area contributed by atoms with Gasteiger partial charge in [-0.05, 0) is 31.7 Å². The van der Waals surface area contributed by atoms with Gasteiger partial charge >= 0.3 is 0 Å². The van der Waals surface area contributed by atoms with E-state index in [9.17, 15) is 0 Å². The third kappa shape index (κ3) is 4.07. The molecule has 0 saturated heterocycles. The molecule has 15 heavy (non-hydrogen) atoms. The average Bonchev–Trinajstić information content (AvgIpc) is 3.09. The summed E-state index contributed by atoms with van der Waals surface area (Å²) in [5.41, 5.74) is 0. The summed E-state index contributed by atoms with van der Waals surface area (Å²) in [4.78, 5) is 2.76. The largest absolute Gasteiger partial charge is 0.300 e. The highest BCUT2D eigenvalue weighted by atomic mass is 79.9. The van der Waals surface area contributed by atoms with E-state index in [2.05, 4.69) is 20.8 Å². The molecule has 0 spiro atoms. The van der Waals surface area contributed by atoms with Crippen molar-refractivity contribution in [2.24, 2.45) is 5.92 Å². The van der Waals surface area contributed by atoms with Gasteiger partial charge in [0.2, 0.25) is 0 Å². The van der Waals surface area contributed by atoms with E-state index in [0.29, 0.717) is 0 Å². The van der Waals surface area contributed by atoms with Gasteiger partial charge in [0.25, 0.3) is 0 Å². The Morgan fingerprint density at radius 2 is 1.67 bits per heavy atom. The molecule has 2 aliphatic carbocycles. The van der Waals surface area contributed by atoms with Crippen LogP contribution in [0, 0.1) is 5.92 Å². The molecule has 2 heteroatoms. The first kappa shape index (κ1) is 11.9. The summed E-state index contributed by atoms with van der Waals surface area (Å²) in [5, 5.41) is 1.15. The van der Waals surface area contributed by atoms with Gasteiger partial charge in [-0.15, -0.1) is 0 Å². The summed E-state index contributed by atoms with van der Waals surface area (Å²) < 4.78 is 0. The zero-order chi connectivity index (χ0) is 10.5. The molecule has 0 aliphatic heterocycles. The van der Waals surface area contributed by atoms with Crippen LogP contribution in [0.1, 0.15) is 51.4 Å². The minimum atomic E-state index is 0.912. The van der Waals surface area contributed by atoms with Crippen molar-refractivity contribution in [3.05, 3.63) is 0 Å². The maximum absolute atomic E-state index is 3.60. The normalized spacial score (nSPS) is 23.6. The van der Waals surface area contributed by atoms with E-state index < -0.39 is 0 Å². The summed E-state index contributed by atoms with van der Waals surface area (Å²) in [6, 6.07) is 0.912. The number of hydrogen-bond donors (Lipinski definition) is 0. The lowest BCUT2D eigenvalue weighted by atomic mass is 9.94. The Hall–Kier alpha value is 0.440. The first-order chi connectivity index (χ1) is 7.40. The van der Waals surface area contributed by atoms with Crippen LogP contribution >= 0.6 is 15.9 Å². The number of hydrogen-bond acceptors (Lipinski definition) is 1. The molecule has 0 aromatic rings. The highest BCUT2D eigenvalue weighted by Gasteiger charge is 2.25. The lowest BCUT2D eigenvalue weighted by Gasteiger charge is -2.34. The number of halogens is 1. The van der Waals surface area contributed by atoms with Crippen LogP contribution in [0.4, 0.5) is 0 Å². The monoisotopic (exact) mass is 273 g/mol. The van der Waals surface area contributed by atoms with Gasteiger partial charge in [0.05, 0.1) is 0 Å². The van der Waals surface area contributed by atoms with Gasteiger partial charge in [-0.25, -0.2) is 0 Å². The van der Waals surface area contributed by atoms with Crippen molar-refractivity contribution in [3.8, 4) is 0 Å². The minimum Gasteiger partial charge on any atom is -0.300 e. The van der Waals surface area contributed by atoms with Crippen molar-refractivity contribution in [2.75, 3.05) is 18.4 Å². The fourth-order valence-corrected chi connectivity index (χ4v) is 3.24. The van der Waals surface area contributed by atoms with E-state index in [0.717, 1.165) is 17.3 Å². The van der Waals surface area contributed by atoms with Gasteiger partial charge in [0.1, 0.15) is 0 Å². The van der Waals surface area contributed by atoms with Crippen LogP contribution in [-0.2, 0) is 0 Å². The van der Waals surface area contributed by atoms with Crippen LogP contribution in [0.3, 0.4) is 0 Å². The predicted molar refractivity (Wildman–Crippen MR) is 69.6 cm³/mol. The Bertz CT molecular complexity index is 173.